The van der Waals surface area contributed by atoms with Crippen LogP contribution in [0.3, 0.4) is 0 Å². The number of benzene rings is 1. The van der Waals surface area contributed by atoms with Crippen molar-refractivity contribution in [3.8, 4) is 0 Å². The first-order valence-corrected chi connectivity index (χ1v) is 5.67. The number of para-hydroxylation sites is 1. The predicted octanol–water partition coefficient (Wildman–Crippen LogP) is 0.778. The zero-order chi connectivity index (χ0) is 12.5. The van der Waals surface area contributed by atoms with E-state index in [1.165, 1.54) is 0 Å². The Morgan fingerprint density at radius 3 is 2.65 bits per heavy atom. The zero-order valence-electron chi connectivity index (χ0n) is 9.94. The number of aliphatic hydroxyl groups is 1. The Hall–Kier alpha value is -1.59. The van der Waals surface area contributed by atoms with Crippen molar-refractivity contribution in [3.63, 3.8) is 0 Å². The zero-order valence-corrected chi connectivity index (χ0v) is 9.94. The van der Waals surface area contributed by atoms with Crippen molar-refractivity contribution < 1.29 is 9.90 Å². The fourth-order valence-corrected chi connectivity index (χ4v) is 1.27. The molecule has 1 unspecified atom stereocenters. The van der Waals surface area contributed by atoms with Gasteiger partial charge in [0, 0.05) is 25.3 Å². The third kappa shape index (κ3) is 6.55. The molecule has 0 aliphatic heterocycles. The van der Waals surface area contributed by atoms with Crippen LogP contribution >= 0.6 is 0 Å². The number of amides is 2. The van der Waals surface area contributed by atoms with Crippen LogP contribution in [0.25, 0.3) is 0 Å². The molecule has 1 aromatic rings. The van der Waals surface area contributed by atoms with E-state index < -0.39 is 0 Å². The van der Waals surface area contributed by atoms with Gasteiger partial charge < -0.3 is 21.1 Å². The molecule has 0 saturated carbocycles. The smallest absolute Gasteiger partial charge is 0.319 e. The lowest BCUT2D eigenvalue weighted by molar-refractivity contribution is 0.191. The molecule has 4 N–H and O–H groups in total. The van der Waals surface area contributed by atoms with E-state index in [1.54, 1.807) is 6.92 Å². The van der Waals surface area contributed by atoms with Crippen LogP contribution in [-0.2, 0) is 0 Å². The first-order valence-electron chi connectivity index (χ1n) is 5.67. The molecule has 0 heterocycles. The maximum absolute atomic E-state index is 11.4. The Labute approximate surface area is 101 Å². The van der Waals surface area contributed by atoms with E-state index in [4.69, 9.17) is 5.11 Å². The van der Waals surface area contributed by atoms with Crippen LogP contribution in [0.15, 0.2) is 30.3 Å². The summed E-state index contributed by atoms with van der Waals surface area (Å²) < 4.78 is 0. The summed E-state index contributed by atoms with van der Waals surface area (Å²) in [6.07, 6.45) is -0.367. The summed E-state index contributed by atoms with van der Waals surface area (Å²) in [5.41, 5.74) is 0.766. The van der Waals surface area contributed by atoms with Crippen molar-refractivity contribution >= 4 is 11.7 Å². The van der Waals surface area contributed by atoms with Gasteiger partial charge in [0.25, 0.3) is 0 Å². The molecular formula is C12H19N3O2. The van der Waals surface area contributed by atoms with E-state index in [9.17, 15) is 4.79 Å². The third-order valence-corrected chi connectivity index (χ3v) is 2.06. The Bertz CT molecular complexity index is 328. The minimum Gasteiger partial charge on any atom is -0.392 e. The van der Waals surface area contributed by atoms with E-state index in [-0.39, 0.29) is 12.1 Å². The van der Waals surface area contributed by atoms with E-state index in [1.807, 2.05) is 30.3 Å². The molecule has 1 aromatic carbocycles. The SMILES string of the molecule is CC(O)CNCCNC(=O)Nc1ccccc1. The normalized spacial score (nSPS) is 11.9. The van der Waals surface area contributed by atoms with Gasteiger partial charge >= 0.3 is 6.03 Å². The number of hydrogen-bond acceptors (Lipinski definition) is 3. The molecule has 17 heavy (non-hydrogen) atoms. The second kappa shape index (κ2) is 7.65. The van der Waals surface area contributed by atoms with Gasteiger partial charge in [0.05, 0.1) is 6.10 Å². The maximum atomic E-state index is 11.4. The van der Waals surface area contributed by atoms with Gasteiger partial charge in [-0.2, -0.15) is 0 Å². The minimum atomic E-state index is -0.367. The van der Waals surface area contributed by atoms with Crippen molar-refractivity contribution in [2.45, 2.75) is 13.0 Å². The molecule has 2 amide bonds. The van der Waals surface area contributed by atoms with Gasteiger partial charge in [-0.25, -0.2) is 4.79 Å². The lowest BCUT2D eigenvalue weighted by Crippen LogP contribution is -2.36. The molecule has 1 atom stereocenters. The number of hydrogen-bond donors (Lipinski definition) is 4. The molecule has 0 spiro atoms. The molecule has 94 valence electrons. The summed E-state index contributed by atoms with van der Waals surface area (Å²) in [4.78, 5) is 11.4. The Morgan fingerprint density at radius 1 is 1.29 bits per heavy atom. The van der Waals surface area contributed by atoms with Gasteiger partial charge in [-0.05, 0) is 19.1 Å². The van der Waals surface area contributed by atoms with Gasteiger partial charge in [0.1, 0.15) is 0 Å². The van der Waals surface area contributed by atoms with E-state index in [0.717, 1.165) is 5.69 Å². The van der Waals surface area contributed by atoms with Gasteiger partial charge in [-0.3, -0.25) is 0 Å². The number of carbonyl (C=O) groups is 1. The second-order valence-electron chi connectivity index (χ2n) is 3.80. The molecule has 0 aliphatic rings. The number of aliphatic hydroxyl groups excluding tert-OH is 1. The lowest BCUT2D eigenvalue weighted by atomic mass is 10.3. The highest BCUT2D eigenvalue weighted by Gasteiger charge is 1.99. The predicted molar refractivity (Wildman–Crippen MR) is 68.0 cm³/mol. The van der Waals surface area contributed by atoms with Crippen LogP contribution in [-0.4, -0.2) is 36.9 Å². The van der Waals surface area contributed by atoms with Gasteiger partial charge in [0.15, 0.2) is 0 Å². The highest BCUT2D eigenvalue weighted by Crippen LogP contribution is 2.03. The minimum absolute atomic E-state index is 0.227. The summed E-state index contributed by atoms with van der Waals surface area (Å²) in [5.74, 6) is 0. The summed E-state index contributed by atoms with van der Waals surface area (Å²) in [6.45, 7) is 3.39. The van der Waals surface area contributed by atoms with Crippen LogP contribution in [0.2, 0.25) is 0 Å². The van der Waals surface area contributed by atoms with Crippen molar-refractivity contribution in [2.24, 2.45) is 0 Å². The molecule has 0 aromatic heterocycles. The lowest BCUT2D eigenvalue weighted by Gasteiger charge is -2.09. The van der Waals surface area contributed by atoms with Crippen LogP contribution in [0, 0.1) is 0 Å². The largest absolute Gasteiger partial charge is 0.392 e. The standard InChI is InChI=1S/C12H19N3O2/c1-10(16)9-13-7-8-14-12(17)15-11-5-3-2-4-6-11/h2-6,10,13,16H,7-9H2,1H3,(H2,14,15,17). The molecule has 5 nitrogen and oxygen atoms in total. The van der Waals surface area contributed by atoms with Gasteiger partial charge in [-0.1, -0.05) is 18.2 Å². The summed E-state index contributed by atoms with van der Waals surface area (Å²) in [7, 11) is 0. The first-order chi connectivity index (χ1) is 8.18. The molecule has 0 radical (unpaired) electrons. The molecule has 1 rings (SSSR count). The number of carbonyl (C=O) groups excluding carboxylic acids is 1. The highest BCUT2D eigenvalue weighted by molar-refractivity contribution is 5.89. The molecule has 0 bridgehead atoms. The van der Waals surface area contributed by atoms with E-state index in [2.05, 4.69) is 16.0 Å². The van der Waals surface area contributed by atoms with Gasteiger partial charge in [0.2, 0.25) is 0 Å². The van der Waals surface area contributed by atoms with Crippen molar-refractivity contribution in [2.75, 3.05) is 25.0 Å². The highest BCUT2D eigenvalue weighted by atomic mass is 16.3. The first kappa shape index (κ1) is 13.5. The summed E-state index contributed by atoms with van der Waals surface area (Å²) in [6, 6.07) is 9.04. The van der Waals surface area contributed by atoms with Crippen molar-refractivity contribution in [1.82, 2.24) is 10.6 Å². The average molecular weight is 237 g/mol. The molecule has 0 saturated heterocycles. The quantitative estimate of drug-likeness (QED) is 0.552. The van der Waals surface area contributed by atoms with Crippen LogP contribution in [0.1, 0.15) is 6.92 Å². The number of urea groups is 1. The fourth-order valence-electron chi connectivity index (χ4n) is 1.27. The topological polar surface area (TPSA) is 73.4 Å². The maximum Gasteiger partial charge on any atom is 0.319 e. The Morgan fingerprint density at radius 2 is 2.00 bits per heavy atom. The summed E-state index contributed by atoms with van der Waals surface area (Å²) >= 11 is 0. The fraction of sp³-hybridized carbons (Fsp3) is 0.417. The average Bonchev–Trinajstić information content (AvgIpc) is 2.29. The van der Waals surface area contributed by atoms with Crippen LogP contribution in [0.4, 0.5) is 10.5 Å². The van der Waals surface area contributed by atoms with Crippen LogP contribution < -0.4 is 16.0 Å². The monoisotopic (exact) mass is 237 g/mol. The molecule has 0 aliphatic carbocycles. The molecule has 0 fully saturated rings. The van der Waals surface area contributed by atoms with E-state index in [0.29, 0.717) is 19.6 Å². The number of anilines is 1. The van der Waals surface area contributed by atoms with E-state index >= 15 is 0 Å². The Balaban J connectivity index is 2.10. The van der Waals surface area contributed by atoms with Crippen molar-refractivity contribution in [1.29, 1.82) is 0 Å². The number of rotatable bonds is 6. The van der Waals surface area contributed by atoms with Crippen molar-refractivity contribution in [3.05, 3.63) is 30.3 Å². The Kier molecular flexibility index (Phi) is 6.06. The number of nitrogens with one attached hydrogen (secondary N) is 3. The second-order valence-corrected chi connectivity index (χ2v) is 3.80. The summed E-state index contributed by atoms with van der Waals surface area (Å²) in [5, 5.41) is 17.4. The van der Waals surface area contributed by atoms with Crippen LogP contribution in [0.5, 0.6) is 0 Å². The molecule has 5 heteroatoms. The van der Waals surface area contributed by atoms with Gasteiger partial charge in [-0.15, -0.1) is 0 Å². The third-order valence-electron chi connectivity index (χ3n) is 2.06. The molecular weight excluding hydrogens is 218 g/mol.